The standard InChI is InChI=1S/C23H25N3O4S/c1-4-5-10-24-23-26(25-13-16-6-8-21-22(11-16)30-15-29-21)19(14-31-23)18-12-17(27-2)7-9-20(18)28-3/h6-9,11-14H,4-5,10,15H2,1-3H3/b24-23?,25-13-. The van der Waals surface area contributed by atoms with Crippen LogP contribution in [0, 0.1) is 0 Å². The molecule has 8 heteroatoms. The Morgan fingerprint density at radius 1 is 1.10 bits per heavy atom. The van der Waals surface area contributed by atoms with Gasteiger partial charge in [0.2, 0.25) is 11.6 Å². The van der Waals surface area contributed by atoms with Crippen molar-refractivity contribution in [2.45, 2.75) is 19.8 Å². The third-order valence-electron chi connectivity index (χ3n) is 4.85. The van der Waals surface area contributed by atoms with Gasteiger partial charge in [0.1, 0.15) is 11.5 Å². The van der Waals surface area contributed by atoms with Gasteiger partial charge in [-0.1, -0.05) is 13.3 Å². The molecule has 0 amide bonds. The Morgan fingerprint density at radius 3 is 2.77 bits per heavy atom. The molecule has 2 heterocycles. The molecule has 4 rings (SSSR count). The molecule has 0 bridgehead atoms. The number of aromatic nitrogens is 1. The second-order valence-electron chi connectivity index (χ2n) is 6.87. The van der Waals surface area contributed by atoms with Crippen LogP contribution in [-0.4, -0.2) is 38.4 Å². The maximum absolute atomic E-state index is 5.60. The molecule has 0 fully saturated rings. The smallest absolute Gasteiger partial charge is 0.231 e. The Morgan fingerprint density at radius 2 is 1.97 bits per heavy atom. The van der Waals surface area contributed by atoms with Gasteiger partial charge in [-0.2, -0.15) is 5.10 Å². The summed E-state index contributed by atoms with van der Waals surface area (Å²) < 4.78 is 23.7. The Hall–Kier alpha value is -3.26. The van der Waals surface area contributed by atoms with Crippen LogP contribution < -0.4 is 23.7 Å². The van der Waals surface area contributed by atoms with Gasteiger partial charge in [0.05, 0.1) is 26.1 Å². The third-order valence-corrected chi connectivity index (χ3v) is 5.70. The minimum Gasteiger partial charge on any atom is -0.497 e. The number of thiazole rings is 1. The zero-order chi connectivity index (χ0) is 21.6. The number of hydrogen-bond acceptors (Lipinski definition) is 7. The average Bonchev–Trinajstić information content (AvgIpc) is 3.43. The van der Waals surface area contributed by atoms with Gasteiger partial charge in [0, 0.05) is 17.5 Å². The number of nitrogens with zero attached hydrogens (tertiary/aromatic N) is 3. The van der Waals surface area contributed by atoms with E-state index in [1.165, 1.54) is 0 Å². The quantitative estimate of drug-likeness (QED) is 0.382. The molecule has 1 aromatic heterocycles. The number of ether oxygens (including phenoxy) is 4. The summed E-state index contributed by atoms with van der Waals surface area (Å²) in [5.41, 5.74) is 2.68. The van der Waals surface area contributed by atoms with E-state index in [2.05, 4.69) is 6.92 Å². The lowest BCUT2D eigenvalue weighted by molar-refractivity contribution is 0.174. The molecule has 0 saturated heterocycles. The SMILES string of the molecule is CCCCN=c1scc(-c2cc(OC)ccc2OC)n1/N=C\c1ccc2c(c1)OCO2. The molecular formula is C23H25N3O4S. The second-order valence-corrected chi connectivity index (χ2v) is 7.71. The lowest BCUT2D eigenvalue weighted by atomic mass is 10.1. The van der Waals surface area contributed by atoms with Crippen LogP contribution in [0.1, 0.15) is 25.3 Å². The molecule has 1 aliphatic rings. The number of fused-ring (bicyclic) bond motifs is 1. The molecule has 0 aliphatic carbocycles. The van der Waals surface area contributed by atoms with Gasteiger partial charge in [0.25, 0.3) is 0 Å². The molecule has 1 aliphatic heterocycles. The molecule has 0 atom stereocenters. The fraction of sp³-hybridized carbons (Fsp3) is 0.304. The summed E-state index contributed by atoms with van der Waals surface area (Å²) >= 11 is 1.55. The predicted octanol–water partition coefficient (Wildman–Crippen LogP) is 4.55. The van der Waals surface area contributed by atoms with Crippen LogP contribution in [-0.2, 0) is 0 Å². The maximum atomic E-state index is 5.60. The van der Waals surface area contributed by atoms with Crippen molar-refractivity contribution in [2.24, 2.45) is 10.1 Å². The second kappa shape index (κ2) is 9.70. The first-order valence-corrected chi connectivity index (χ1v) is 11.0. The van der Waals surface area contributed by atoms with E-state index >= 15 is 0 Å². The first-order chi connectivity index (χ1) is 15.2. The van der Waals surface area contributed by atoms with E-state index in [1.807, 2.05) is 46.5 Å². The van der Waals surface area contributed by atoms with E-state index in [0.717, 1.165) is 64.0 Å². The Bertz CT molecular complexity index is 1150. The van der Waals surface area contributed by atoms with Crippen molar-refractivity contribution in [3.05, 3.63) is 52.1 Å². The lowest BCUT2D eigenvalue weighted by Crippen LogP contribution is -2.13. The van der Waals surface area contributed by atoms with Gasteiger partial charge >= 0.3 is 0 Å². The van der Waals surface area contributed by atoms with Crippen LogP contribution in [0.5, 0.6) is 23.0 Å². The summed E-state index contributed by atoms with van der Waals surface area (Å²) in [7, 11) is 3.31. The number of rotatable bonds is 8. The highest BCUT2D eigenvalue weighted by Gasteiger charge is 2.15. The van der Waals surface area contributed by atoms with Crippen LogP contribution in [0.25, 0.3) is 11.3 Å². The molecule has 31 heavy (non-hydrogen) atoms. The number of hydrogen-bond donors (Lipinski definition) is 0. The summed E-state index contributed by atoms with van der Waals surface area (Å²) in [6, 6.07) is 11.5. The van der Waals surface area contributed by atoms with Gasteiger partial charge < -0.3 is 18.9 Å². The molecule has 0 saturated carbocycles. The van der Waals surface area contributed by atoms with E-state index in [4.69, 9.17) is 29.0 Å². The molecule has 2 aromatic carbocycles. The molecule has 0 radical (unpaired) electrons. The monoisotopic (exact) mass is 439 g/mol. The largest absolute Gasteiger partial charge is 0.497 e. The fourth-order valence-corrected chi connectivity index (χ4v) is 4.02. The van der Waals surface area contributed by atoms with E-state index in [1.54, 1.807) is 31.8 Å². The van der Waals surface area contributed by atoms with Crippen LogP contribution in [0.4, 0.5) is 0 Å². The van der Waals surface area contributed by atoms with Crippen molar-refractivity contribution in [3.8, 4) is 34.3 Å². The summed E-state index contributed by atoms with van der Waals surface area (Å²) in [6.07, 6.45) is 3.91. The Labute approximate surface area is 185 Å². The van der Waals surface area contributed by atoms with E-state index in [-0.39, 0.29) is 6.79 Å². The van der Waals surface area contributed by atoms with Crippen molar-refractivity contribution in [1.82, 2.24) is 4.68 Å². The zero-order valence-electron chi connectivity index (χ0n) is 17.8. The average molecular weight is 440 g/mol. The summed E-state index contributed by atoms with van der Waals surface area (Å²) in [6.45, 7) is 3.16. The molecule has 3 aromatic rings. The van der Waals surface area contributed by atoms with Crippen molar-refractivity contribution >= 4 is 17.6 Å². The summed E-state index contributed by atoms with van der Waals surface area (Å²) in [4.78, 5) is 5.59. The van der Waals surface area contributed by atoms with Crippen LogP contribution in [0.3, 0.4) is 0 Å². The van der Waals surface area contributed by atoms with Crippen molar-refractivity contribution in [2.75, 3.05) is 27.6 Å². The number of unbranched alkanes of at least 4 members (excludes halogenated alkanes) is 1. The summed E-state index contributed by atoms with van der Waals surface area (Å²) in [5.74, 6) is 2.96. The topological polar surface area (TPSA) is 66.6 Å². The van der Waals surface area contributed by atoms with Gasteiger partial charge in [-0.15, -0.1) is 11.3 Å². The molecular weight excluding hydrogens is 414 g/mol. The molecule has 0 N–H and O–H groups in total. The van der Waals surface area contributed by atoms with Gasteiger partial charge in [-0.05, 0) is 48.4 Å². The predicted molar refractivity (Wildman–Crippen MR) is 122 cm³/mol. The molecule has 7 nitrogen and oxygen atoms in total. The van der Waals surface area contributed by atoms with Crippen LogP contribution >= 0.6 is 11.3 Å². The first kappa shape index (κ1) is 21.0. The normalized spacial score (nSPS) is 13.2. The minimum atomic E-state index is 0.245. The zero-order valence-corrected chi connectivity index (χ0v) is 18.6. The molecule has 0 spiro atoms. The van der Waals surface area contributed by atoms with Crippen molar-refractivity contribution < 1.29 is 18.9 Å². The lowest BCUT2D eigenvalue weighted by Gasteiger charge is -2.11. The maximum Gasteiger partial charge on any atom is 0.231 e. The van der Waals surface area contributed by atoms with Gasteiger partial charge in [-0.25, -0.2) is 4.68 Å². The molecule has 0 unspecified atom stereocenters. The van der Waals surface area contributed by atoms with Gasteiger partial charge in [-0.3, -0.25) is 4.99 Å². The highest BCUT2D eigenvalue weighted by atomic mass is 32.1. The van der Waals surface area contributed by atoms with Crippen LogP contribution in [0.15, 0.2) is 51.9 Å². The van der Waals surface area contributed by atoms with Crippen molar-refractivity contribution in [1.29, 1.82) is 0 Å². The highest BCUT2D eigenvalue weighted by molar-refractivity contribution is 7.07. The first-order valence-electron chi connectivity index (χ1n) is 10.1. The third kappa shape index (κ3) is 4.59. The number of benzene rings is 2. The highest BCUT2D eigenvalue weighted by Crippen LogP contribution is 2.34. The van der Waals surface area contributed by atoms with E-state index in [9.17, 15) is 0 Å². The Balaban J connectivity index is 1.78. The minimum absolute atomic E-state index is 0.245. The summed E-state index contributed by atoms with van der Waals surface area (Å²) in [5, 5.41) is 6.80. The van der Waals surface area contributed by atoms with Crippen LogP contribution in [0.2, 0.25) is 0 Å². The van der Waals surface area contributed by atoms with Crippen molar-refractivity contribution in [3.63, 3.8) is 0 Å². The molecule has 162 valence electrons. The van der Waals surface area contributed by atoms with Gasteiger partial charge in [0.15, 0.2) is 11.5 Å². The van der Waals surface area contributed by atoms with E-state index < -0.39 is 0 Å². The Kier molecular flexibility index (Phi) is 6.57. The van der Waals surface area contributed by atoms with E-state index in [0.29, 0.717) is 0 Å². The number of methoxy groups -OCH3 is 2. The fourth-order valence-electron chi connectivity index (χ4n) is 3.17.